The van der Waals surface area contributed by atoms with E-state index in [2.05, 4.69) is 5.32 Å². The minimum Gasteiger partial charge on any atom is -0.487 e. The van der Waals surface area contributed by atoms with Gasteiger partial charge in [0.25, 0.3) is 5.91 Å². The molecule has 9 nitrogen and oxygen atoms in total. The number of rotatable bonds is 7. The number of alkyl carbamates (subject to hydrolysis) is 1. The summed E-state index contributed by atoms with van der Waals surface area (Å²) in [5.41, 5.74) is 0.535. The molecule has 0 aliphatic carbocycles. The van der Waals surface area contributed by atoms with Gasteiger partial charge in [0.15, 0.2) is 0 Å². The maximum Gasteiger partial charge on any atom is 0.408 e. The van der Waals surface area contributed by atoms with Crippen LogP contribution in [0.2, 0.25) is 0 Å². The van der Waals surface area contributed by atoms with Gasteiger partial charge in [0.2, 0.25) is 0 Å². The highest BCUT2D eigenvalue weighted by Crippen LogP contribution is 2.33. The molecule has 2 aromatic carbocycles. The Kier molecular flexibility index (Phi) is 7.44. The van der Waals surface area contributed by atoms with E-state index in [1.54, 1.807) is 51.1 Å². The zero-order valence-corrected chi connectivity index (χ0v) is 21.3. The topological polar surface area (TPSA) is 114 Å². The summed E-state index contributed by atoms with van der Waals surface area (Å²) in [4.78, 5) is 23.9. The normalized spacial score (nSPS) is 15.7. The molecule has 0 atom stereocenters. The maximum atomic E-state index is 12.4. The summed E-state index contributed by atoms with van der Waals surface area (Å²) in [6.07, 6.45) is 3.05. The highest BCUT2D eigenvalue weighted by Gasteiger charge is 2.35. The lowest BCUT2D eigenvalue weighted by molar-refractivity contribution is -0.117. The molecule has 0 aromatic heterocycles. The first-order chi connectivity index (χ1) is 16.2. The largest absolute Gasteiger partial charge is 0.487 e. The summed E-state index contributed by atoms with van der Waals surface area (Å²) in [6.45, 7) is 8.90. The highest BCUT2D eigenvalue weighted by molar-refractivity contribution is 7.92. The molecule has 35 heavy (non-hydrogen) atoms. The van der Waals surface area contributed by atoms with Crippen molar-refractivity contribution in [3.8, 4) is 5.75 Å². The van der Waals surface area contributed by atoms with E-state index >= 15 is 0 Å². The first kappa shape index (κ1) is 26.1. The molecule has 0 saturated carbocycles. The van der Waals surface area contributed by atoms with Crippen molar-refractivity contribution in [3.05, 3.63) is 65.7 Å². The molecular formula is C25H31N3O6S. The van der Waals surface area contributed by atoms with E-state index in [4.69, 9.17) is 9.47 Å². The molecule has 2 aromatic rings. The summed E-state index contributed by atoms with van der Waals surface area (Å²) < 4.78 is 39.1. The van der Waals surface area contributed by atoms with Crippen LogP contribution in [0.15, 0.2) is 54.6 Å². The van der Waals surface area contributed by atoms with Crippen LogP contribution in [0.3, 0.4) is 0 Å². The highest BCUT2D eigenvalue weighted by atomic mass is 32.2. The van der Waals surface area contributed by atoms with Crippen molar-refractivity contribution in [3.63, 3.8) is 0 Å². The molecular weight excluding hydrogens is 470 g/mol. The average molecular weight is 502 g/mol. The molecule has 0 unspecified atom stereocenters. The van der Waals surface area contributed by atoms with Gasteiger partial charge in [-0.2, -0.15) is 8.42 Å². The van der Waals surface area contributed by atoms with Gasteiger partial charge in [-0.25, -0.2) is 13.8 Å². The smallest absolute Gasteiger partial charge is 0.408 e. The van der Waals surface area contributed by atoms with Crippen molar-refractivity contribution >= 4 is 34.0 Å². The van der Waals surface area contributed by atoms with Gasteiger partial charge < -0.3 is 14.8 Å². The molecule has 1 aliphatic rings. The first-order valence-corrected chi connectivity index (χ1v) is 12.5. The number of hydrogen-bond donors (Lipinski definition) is 2. The van der Waals surface area contributed by atoms with Crippen molar-refractivity contribution in [2.24, 2.45) is 0 Å². The van der Waals surface area contributed by atoms with Crippen molar-refractivity contribution < 1.29 is 27.5 Å². The second kappa shape index (κ2) is 9.99. The standard InChI is InChI=1S/C25H31N3O6S/c1-24(2,3)34-23(30)26-25(4,5)14-13-18-11-12-20(28-16-22(29)27-35(28,31)32)21(15-18)33-17-19-9-7-6-8-10-19/h6-15H,16-17H2,1-5H3,(H,26,30)(H,27,29). The third kappa shape index (κ3) is 7.48. The second-order valence-corrected chi connectivity index (χ2v) is 11.3. The fraction of sp³-hybridized carbons (Fsp3) is 0.360. The molecule has 3 rings (SSSR count). The number of benzene rings is 2. The molecule has 1 fully saturated rings. The lowest BCUT2D eigenvalue weighted by atomic mass is 10.0. The molecule has 0 spiro atoms. The molecule has 2 N–H and O–H groups in total. The van der Waals surface area contributed by atoms with Gasteiger partial charge in [0.05, 0.1) is 11.2 Å². The Hall–Kier alpha value is -3.53. The molecule has 2 amide bonds. The molecule has 1 aliphatic heterocycles. The zero-order chi connectivity index (χ0) is 25.9. The molecule has 0 bridgehead atoms. The lowest BCUT2D eigenvalue weighted by Gasteiger charge is -2.26. The van der Waals surface area contributed by atoms with Gasteiger partial charge in [-0.05, 0) is 57.9 Å². The molecule has 1 saturated heterocycles. The number of hydrogen-bond acceptors (Lipinski definition) is 6. The van der Waals surface area contributed by atoms with Crippen LogP contribution in [-0.2, 0) is 26.3 Å². The Balaban J connectivity index is 1.86. The van der Waals surface area contributed by atoms with Gasteiger partial charge in [-0.15, -0.1) is 0 Å². The molecule has 0 radical (unpaired) electrons. The van der Waals surface area contributed by atoms with Gasteiger partial charge >= 0.3 is 16.3 Å². The fourth-order valence-electron chi connectivity index (χ4n) is 3.27. The average Bonchev–Trinajstić information content (AvgIpc) is 3.01. The second-order valence-electron chi connectivity index (χ2n) is 9.72. The molecule has 188 valence electrons. The van der Waals surface area contributed by atoms with Crippen molar-refractivity contribution in [2.45, 2.75) is 52.4 Å². The Morgan fingerprint density at radius 2 is 1.80 bits per heavy atom. The number of nitrogens with one attached hydrogen (secondary N) is 2. The number of amides is 2. The number of anilines is 1. The lowest BCUT2D eigenvalue weighted by Crippen LogP contribution is -2.44. The van der Waals surface area contributed by atoms with Crippen molar-refractivity contribution in [1.82, 2.24) is 10.0 Å². The van der Waals surface area contributed by atoms with Gasteiger partial charge in [-0.3, -0.25) is 4.79 Å². The SMILES string of the molecule is CC(C)(C=Cc1ccc(N2CC(=O)NS2(=O)=O)c(OCc2ccccc2)c1)NC(=O)OC(C)(C)C. The third-order valence-electron chi connectivity index (χ3n) is 4.83. The van der Waals surface area contributed by atoms with E-state index < -0.39 is 33.3 Å². The van der Waals surface area contributed by atoms with Crippen molar-refractivity contribution in [2.75, 3.05) is 10.8 Å². The summed E-state index contributed by atoms with van der Waals surface area (Å²) >= 11 is 0. The summed E-state index contributed by atoms with van der Waals surface area (Å²) in [5.74, 6) is -0.313. The number of nitrogens with zero attached hydrogens (tertiary/aromatic N) is 1. The van der Waals surface area contributed by atoms with Crippen LogP contribution in [0.4, 0.5) is 10.5 Å². The number of carbonyl (C=O) groups excluding carboxylic acids is 2. The zero-order valence-electron chi connectivity index (χ0n) is 20.5. The maximum absolute atomic E-state index is 12.4. The Morgan fingerprint density at radius 1 is 1.11 bits per heavy atom. The number of carbonyl (C=O) groups is 2. The predicted octanol–water partition coefficient (Wildman–Crippen LogP) is 3.76. The van der Waals surface area contributed by atoms with Crippen molar-refractivity contribution in [1.29, 1.82) is 0 Å². The number of ether oxygens (including phenoxy) is 2. The Morgan fingerprint density at radius 3 is 2.40 bits per heavy atom. The van der Waals surface area contributed by atoms with E-state index in [9.17, 15) is 18.0 Å². The van der Waals surface area contributed by atoms with E-state index in [-0.39, 0.29) is 18.8 Å². The quantitative estimate of drug-likeness (QED) is 0.597. The van der Waals surface area contributed by atoms with Gasteiger partial charge in [0.1, 0.15) is 24.5 Å². The summed E-state index contributed by atoms with van der Waals surface area (Å²) in [5, 5.41) is 2.80. The fourth-order valence-corrected chi connectivity index (χ4v) is 4.42. The van der Waals surface area contributed by atoms with Crippen LogP contribution < -0.4 is 19.1 Å². The van der Waals surface area contributed by atoms with Gasteiger partial charge in [-0.1, -0.05) is 48.6 Å². The van der Waals surface area contributed by atoms with Crippen LogP contribution in [0.25, 0.3) is 6.08 Å². The monoisotopic (exact) mass is 501 g/mol. The molecule has 1 heterocycles. The van der Waals surface area contributed by atoms with E-state index in [0.29, 0.717) is 11.3 Å². The summed E-state index contributed by atoms with van der Waals surface area (Å²) in [7, 11) is -4.00. The van der Waals surface area contributed by atoms with E-state index in [1.807, 2.05) is 48.9 Å². The summed E-state index contributed by atoms with van der Waals surface area (Å²) in [6, 6.07) is 14.4. The van der Waals surface area contributed by atoms with Crippen LogP contribution in [0.5, 0.6) is 5.75 Å². The minimum atomic E-state index is -4.00. The minimum absolute atomic E-state index is 0.210. The van der Waals surface area contributed by atoms with Crippen LogP contribution in [0.1, 0.15) is 45.7 Å². The van der Waals surface area contributed by atoms with Crippen LogP contribution in [-0.4, -0.2) is 38.1 Å². The van der Waals surface area contributed by atoms with E-state index in [0.717, 1.165) is 9.87 Å². The predicted molar refractivity (Wildman–Crippen MR) is 134 cm³/mol. The molecule has 10 heteroatoms. The van der Waals surface area contributed by atoms with E-state index in [1.165, 1.54) is 0 Å². The third-order valence-corrected chi connectivity index (χ3v) is 6.22. The van der Waals surface area contributed by atoms with Gasteiger partial charge in [0, 0.05) is 0 Å². The first-order valence-electron chi connectivity index (χ1n) is 11.1. The Labute approximate surface area is 206 Å². The Bertz CT molecular complexity index is 1220. The van der Waals surface area contributed by atoms with Crippen LogP contribution in [0, 0.1) is 0 Å². The van der Waals surface area contributed by atoms with Crippen LogP contribution >= 0.6 is 0 Å².